The fourth-order valence-electron chi connectivity index (χ4n) is 3.67. The number of ether oxygens (including phenoxy) is 1. The summed E-state index contributed by atoms with van der Waals surface area (Å²) in [4.78, 5) is 10.4. The van der Waals surface area contributed by atoms with Crippen molar-refractivity contribution in [2.75, 3.05) is 7.11 Å². The second-order valence-electron chi connectivity index (χ2n) is 6.23. The fourth-order valence-corrected chi connectivity index (χ4v) is 3.67. The number of carboxylic acids is 1. The summed E-state index contributed by atoms with van der Waals surface area (Å²) in [5, 5.41) is 8.51. The molecule has 0 aliphatic heterocycles. The molecule has 4 unspecified atom stereocenters. The fraction of sp³-hybridized carbons (Fsp3) is 0.588. The van der Waals surface area contributed by atoms with Gasteiger partial charge in [-0.05, 0) is 68.2 Å². The molecule has 3 rings (SSSR count). The van der Waals surface area contributed by atoms with Crippen LogP contribution in [0.2, 0.25) is 0 Å². The number of methoxy groups -OCH3 is 1. The van der Waals surface area contributed by atoms with Gasteiger partial charge in [-0.3, -0.25) is 0 Å². The van der Waals surface area contributed by atoms with Crippen LogP contribution in [0.3, 0.4) is 0 Å². The van der Waals surface area contributed by atoms with Gasteiger partial charge in [0.1, 0.15) is 5.75 Å². The Labute approximate surface area is 126 Å². The Balaban J connectivity index is 0.000000154. The predicted octanol–water partition coefficient (Wildman–Crippen LogP) is 3.16. The van der Waals surface area contributed by atoms with Crippen molar-refractivity contribution < 1.29 is 14.6 Å². The number of rotatable bonds is 3. The lowest BCUT2D eigenvalue weighted by molar-refractivity contribution is 0.0697. The Morgan fingerprint density at radius 3 is 2.29 bits per heavy atom. The van der Waals surface area contributed by atoms with Crippen LogP contribution >= 0.6 is 0 Å². The molecule has 2 fully saturated rings. The molecular formula is C17H25NO3. The van der Waals surface area contributed by atoms with Crippen LogP contribution < -0.4 is 10.5 Å². The zero-order valence-corrected chi connectivity index (χ0v) is 12.8. The van der Waals surface area contributed by atoms with E-state index in [0.29, 0.717) is 11.8 Å². The van der Waals surface area contributed by atoms with Crippen molar-refractivity contribution in [1.29, 1.82) is 0 Å². The average Bonchev–Trinajstić information content (AvgIpc) is 3.10. The van der Waals surface area contributed by atoms with Crippen LogP contribution in [0, 0.1) is 17.8 Å². The third-order valence-corrected chi connectivity index (χ3v) is 4.81. The van der Waals surface area contributed by atoms with Crippen molar-refractivity contribution in [3.63, 3.8) is 0 Å². The van der Waals surface area contributed by atoms with Crippen molar-refractivity contribution in [3.8, 4) is 5.75 Å². The molecule has 2 aliphatic rings. The first kappa shape index (κ1) is 15.8. The van der Waals surface area contributed by atoms with E-state index in [1.54, 1.807) is 12.1 Å². The smallest absolute Gasteiger partial charge is 0.335 e. The number of carboxylic acid groups (broad SMARTS) is 1. The van der Waals surface area contributed by atoms with E-state index < -0.39 is 5.97 Å². The molecule has 0 amide bonds. The third kappa shape index (κ3) is 3.97. The first-order chi connectivity index (χ1) is 10.0. The lowest BCUT2D eigenvalue weighted by atomic mass is 9.84. The summed E-state index contributed by atoms with van der Waals surface area (Å²) >= 11 is 0. The van der Waals surface area contributed by atoms with Gasteiger partial charge in [-0.1, -0.05) is 6.42 Å². The molecule has 0 heterocycles. The van der Waals surface area contributed by atoms with E-state index in [4.69, 9.17) is 15.6 Å². The lowest BCUT2D eigenvalue weighted by Crippen LogP contribution is -2.30. The van der Waals surface area contributed by atoms with Crippen molar-refractivity contribution in [2.45, 2.75) is 38.6 Å². The van der Waals surface area contributed by atoms with Crippen LogP contribution in [0.1, 0.15) is 43.0 Å². The molecule has 21 heavy (non-hydrogen) atoms. The number of hydrogen-bond donors (Lipinski definition) is 2. The van der Waals surface area contributed by atoms with Crippen LogP contribution in [0.25, 0.3) is 0 Å². The van der Waals surface area contributed by atoms with Crippen molar-refractivity contribution >= 4 is 5.97 Å². The van der Waals surface area contributed by atoms with Crippen molar-refractivity contribution in [2.24, 2.45) is 23.5 Å². The molecule has 2 aliphatic carbocycles. The van der Waals surface area contributed by atoms with E-state index in [1.165, 1.54) is 44.9 Å². The summed E-state index contributed by atoms with van der Waals surface area (Å²) in [6.45, 7) is 2.17. The second kappa shape index (κ2) is 6.94. The van der Waals surface area contributed by atoms with Crippen LogP contribution in [0.15, 0.2) is 24.3 Å². The van der Waals surface area contributed by atoms with Crippen LogP contribution in [-0.4, -0.2) is 24.2 Å². The monoisotopic (exact) mass is 291 g/mol. The standard InChI is InChI=1S/C9H17N.C8H8O3/c1-6(10)9-5-7-2-3-8(9)4-7;1-11-7-4-2-6(3-5-7)8(9)10/h6-9H,2-5,10H2,1H3;2-5H,1H3,(H,9,10). The molecule has 4 heteroatoms. The lowest BCUT2D eigenvalue weighted by Gasteiger charge is -2.24. The zero-order valence-electron chi connectivity index (χ0n) is 12.8. The van der Waals surface area contributed by atoms with Gasteiger partial charge in [0.05, 0.1) is 12.7 Å². The molecule has 116 valence electrons. The van der Waals surface area contributed by atoms with Crippen molar-refractivity contribution in [1.82, 2.24) is 0 Å². The normalized spacial score (nSPS) is 27.7. The molecular weight excluding hydrogens is 266 g/mol. The number of carbonyl (C=O) groups is 1. The van der Waals surface area contributed by atoms with E-state index >= 15 is 0 Å². The Bertz CT molecular complexity index is 469. The minimum atomic E-state index is -0.923. The number of hydrogen-bond acceptors (Lipinski definition) is 3. The highest BCUT2D eigenvalue weighted by Gasteiger charge is 2.40. The number of nitrogens with two attached hydrogens (primary N) is 1. The van der Waals surface area contributed by atoms with Crippen LogP contribution in [0.4, 0.5) is 0 Å². The Hall–Kier alpha value is -1.55. The molecule has 0 radical (unpaired) electrons. The highest BCUT2D eigenvalue weighted by atomic mass is 16.5. The number of benzene rings is 1. The number of aromatic carboxylic acids is 1. The number of fused-ring (bicyclic) bond motifs is 2. The Morgan fingerprint density at radius 1 is 1.29 bits per heavy atom. The van der Waals surface area contributed by atoms with E-state index in [9.17, 15) is 4.79 Å². The summed E-state index contributed by atoms with van der Waals surface area (Å²) in [6, 6.07) is 6.69. The highest BCUT2D eigenvalue weighted by molar-refractivity contribution is 5.87. The minimum absolute atomic E-state index is 0.269. The summed E-state index contributed by atoms with van der Waals surface area (Å²) in [6.07, 6.45) is 5.89. The molecule has 1 aromatic carbocycles. The van der Waals surface area contributed by atoms with Gasteiger partial charge >= 0.3 is 5.97 Å². The molecule has 3 N–H and O–H groups in total. The van der Waals surface area contributed by atoms with Gasteiger partial charge in [0.2, 0.25) is 0 Å². The molecule has 0 aromatic heterocycles. The maximum absolute atomic E-state index is 10.4. The van der Waals surface area contributed by atoms with Gasteiger partial charge in [0, 0.05) is 6.04 Å². The summed E-state index contributed by atoms with van der Waals surface area (Å²) < 4.78 is 4.86. The quantitative estimate of drug-likeness (QED) is 0.897. The highest BCUT2D eigenvalue weighted by Crippen LogP contribution is 2.49. The van der Waals surface area contributed by atoms with Gasteiger partial charge in [0.15, 0.2) is 0 Å². The summed E-state index contributed by atoms with van der Waals surface area (Å²) in [5.41, 5.74) is 6.15. The molecule has 4 atom stereocenters. The second-order valence-corrected chi connectivity index (χ2v) is 6.23. The predicted molar refractivity (Wildman–Crippen MR) is 82.5 cm³/mol. The van der Waals surface area contributed by atoms with Gasteiger partial charge in [-0.2, -0.15) is 0 Å². The Morgan fingerprint density at radius 2 is 1.95 bits per heavy atom. The van der Waals surface area contributed by atoms with Crippen LogP contribution in [0.5, 0.6) is 5.75 Å². The first-order valence-electron chi connectivity index (χ1n) is 7.64. The summed E-state index contributed by atoms with van der Waals surface area (Å²) in [7, 11) is 1.54. The SMILES string of the molecule is CC(N)C1CC2CCC1C2.COc1ccc(C(=O)O)cc1. The molecule has 4 nitrogen and oxygen atoms in total. The van der Waals surface area contributed by atoms with E-state index in [-0.39, 0.29) is 5.56 Å². The first-order valence-corrected chi connectivity index (χ1v) is 7.64. The van der Waals surface area contributed by atoms with Gasteiger partial charge in [0.25, 0.3) is 0 Å². The van der Waals surface area contributed by atoms with Crippen LogP contribution in [-0.2, 0) is 0 Å². The molecule has 0 saturated heterocycles. The molecule has 2 bridgehead atoms. The topological polar surface area (TPSA) is 72.5 Å². The molecule has 0 spiro atoms. The molecule has 2 saturated carbocycles. The summed E-state index contributed by atoms with van der Waals surface area (Å²) in [5.74, 6) is 2.67. The maximum Gasteiger partial charge on any atom is 0.335 e. The van der Waals surface area contributed by atoms with Gasteiger partial charge < -0.3 is 15.6 Å². The molecule has 1 aromatic rings. The van der Waals surface area contributed by atoms with E-state index in [0.717, 1.165) is 17.8 Å². The third-order valence-electron chi connectivity index (χ3n) is 4.81. The van der Waals surface area contributed by atoms with E-state index in [2.05, 4.69) is 6.92 Å². The largest absolute Gasteiger partial charge is 0.497 e. The minimum Gasteiger partial charge on any atom is -0.497 e. The Kier molecular flexibility index (Phi) is 5.23. The van der Waals surface area contributed by atoms with Gasteiger partial charge in [-0.15, -0.1) is 0 Å². The maximum atomic E-state index is 10.4. The average molecular weight is 291 g/mol. The van der Waals surface area contributed by atoms with Crippen molar-refractivity contribution in [3.05, 3.63) is 29.8 Å². The van der Waals surface area contributed by atoms with Gasteiger partial charge in [-0.25, -0.2) is 4.79 Å². The van der Waals surface area contributed by atoms with E-state index in [1.807, 2.05) is 0 Å². The zero-order chi connectivity index (χ0) is 15.4.